The molecular weight excluding hydrogens is 437 g/mol. The van der Waals surface area contributed by atoms with Crippen LogP contribution in [0.15, 0.2) is 61.1 Å². The number of piperidine rings is 1. The van der Waals surface area contributed by atoms with Crippen molar-refractivity contribution in [3.63, 3.8) is 0 Å². The Balaban J connectivity index is 1.57. The zero-order valence-electron chi connectivity index (χ0n) is 16.2. The summed E-state index contributed by atoms with van der Waals surface area (Å²) in [6.07, 6.45) is 4.57. The van der Waals surface area contributed by atoms with Crippen LogP contribution in [0, 0.1) is 0 Å². The molecule has 6 nitrogen and oxygen atoms in total. The van der Waals surface area contributed by atoms with Crippen LogP contribution in [0.2, 0.25) is 0 Å². The van der Waals surface area contributed by atoms with Crippen LogP contribution >= 0.6 is 0 Å². The zero-order chi connectivity index (χ0) is 20.5. The molecule has 30 heavy (non-hydrogen) atoms. The van der Waals surface area contributed by atoms with Crippen LogP contribution in [-0.4, -0.2) is 55.7 Å². The van der Waals surface area contributed by atoms with Gasteiger partial charge in [0, 0.05) is 0 Å². The van der Waals surface area contributed by atoms with Crippen molar-refractivity contribution in [1.29, 1.82) is 0 Å². The molecule has 1 fully saturated rings. The van der Waals surface area contributed by atoms with Crippen molar-refractivity contribution < 1.29 is 4.79 Å². The molecule has 0 amide bonds. The summed E-state index contributed by atoms with van der Waals surface area (Å²) < 4.78 is 0.846. The number of hydrogen-bond donors (Lipinski definition) is 0. The number of Topliss-reactive ketones (excluding diaryl/α,β-unsaturated/α-hetero) is 1. The van der Waals surface area contributed by atoms with Gasteiger partial charge in [-0.1, -0.05) is 0 Å². The molecule has 7 heteroatoms. The van der Waals surface area contributed by atoms with Crippen LogP contribution in [0.3, 0.4) is 0 Å². The summed E-state index contributed by atoms with van der Waals surface area (Å²) >= 11 is 2.51. The Kier molecular flexibility index (Phi) is 5.01. The second-order valence-electron chi connectivity index (χ2n) is 7.25. The predicted octanol–water partition coefficient (Wildman–Crippen LogP) is 2.72. The molecule has 0 bridgehead atoms. The fourth-order valence-corrected chi connectivity index (χ4v) is 4.32. The minimum atomic E-state index is 0.326. The Morgan fingerprint density at radius 2 is 1.70 bits per heavy atom. The van der Waals surface area contributed by atoms with E-state index in [9.17, 15) is 4.79 Å². The van der Waals surface area contributed by atoms with Crippen molar-refractivity contribution in [2.75, 3.05) is 18.0 Å². The maximum absolute atomic E-state index is 11.5. The summed E-state index contributed by atoms with van der Waals surface area (Å²) in [4.78, 5) is 31.8. The first kappa shape index (κ1) is 18.9. The Morgan fingerprint density at radius 1 is 0.900 bits per heavy atom. The monoisotopic (exact) mass is 455 g/mol. The number of aromatic nitrogens is 4. The molecule has 146 valence electrons. The van der Waals surface area contributed by atoms with Crippen molar-refractivity contribution in [2.45, 2.75) is 12.8 Å². The van der Waals surface area contributed by atoms with E-state index in [1.54, 1.807) is 6.33 Å². The molecule has 0 spiro atoms. The Morgan fingerprint density at radius 3 is 2.43 bits per heavy atom. The van der Waals surface area contributed by atoms with Gasteiger partial charge >= 0.3 is 172 Å². The van der Waals surface area contributed by atoms with Crippen molar-refractivity contribution in [3.05, 3.63) is 61.1 Å². The normalized spacial score (nSPS) is 14.3. The van der Waals surface area contributed by atoms with Crippen LogP contribution in [-0.2, 0) is 4.79 Å². The number of carbonyl (C=O) groups is 1. The van der Waals surface area contributed by atoms with Crippen molar-refractivity contribution in [2.24, 2.45) is 0 Å². The summed E-state index contributed by atoms with van der Waals surface area (Å²) in [7, 11) is 0. The second-order valence-corrected chi connectivity index (χ2v) is 8.14. The second kappa shape index (κ2) is 7.96. The third-order valence-corrected chi connectivity index (χ3v) is 6.07. The zero-order valence-corrected chi connectivity index (χ0v) is 18.1. The molecule has 1 aliphatic heterocycles. The number of anilines is 1. The van der Waals surface area contributed by atoms with Gasteiger partial charge < -0.3 is 0 Å². The number of carbonyl (C=O) groups excluding carboxylic acids is 1. The molecule has 1 saturated heterocycles. The molecule has 1 aliphatic rings. The molecule has 4 heterocycles. The van der Waals surface area contributed by atoms with Gasteiger partial charge in [0.2, 0.25) is 0 Å². The third-order valence-electron chi connectivity index (χ3n) is 5.36. The molecule has 4 aromatic rings. The summed E-state index contributed by atoms with van der Waals surface area (Å²) in [6, 6.07) is 16.3. The summed E-state index contributed by atoms with van der Waals surface area (Å²) in [5.41, 5.74) is 4.55. The topological polar surface area (TPSA) is 71.9 Å². The maximum atomic E-state index is 11.5. The number of hydrogen-bond acceptors (Lipinski definition) is 6. The predicted molar refractivity (Wildman–Crippen MR) is 118 cm³/mol. The fraction of sp³-hybridized carbons (Fsp3) is 0.174. The van der Waals surface area contributed by atoms with Gasteiger partial charge in [-0.2, -0.15) is 0 Å². The van der Waals surface area contributed by atoms with Crippen LogP contribution < -0.4 is 9.38 Å². The summed E-state index contributed by atoms with van der Waals surface area (Å²) in [6.45, 7) is 1.46. The summed E-state index contributed by atoms with van der Waals surface area (Å²) in [5, 5.41) is 0.940. The van der Waals surface area contributed by atoms with Crippen LogP contribution in [0.4, 0.5) is 5.82 Å². The van der Waals surface area contributed by atoms with Gasteiger partial charge in [0.25, 0.3) is 0 Å². The molecule has 0 N–H and O–H groups in total. The number of benzene rings is 1. The van der Waals surface area contributed by atoms with Gasteiger partial charge in [-0.05, 0) is 0 Å². The van der Waals surface area contributed by atoms with E-state index in [1.807, 2.05) is 36.5 Å². The first-order valence-corrected chi connectivity index (χ1v) is 10.8. The van der Waals surface area contributed by atoms with E-state index >= 15 is 0 Å². The Hall–Kier alpha value is -3.11. The average molecular weight is 455 g/mol. The number of rotatable bonds is 3. The average Bonchev–Trinajstić information content (AvgIpc) is 2.80. The Labute approximate surface area is 182 Å². The van der Waals surface area contributed by atoms with Crippen molar-refractivity contribution >= 4 is 44.0 Å². The Bertz CT molecular complexity index is 1220. The number of fused-ring (bicyclic) bond motifs is 1. The number of pyridine rings is 2. The molecular formula is C23H18AsN5O. The first-order chi connectivity index (χ1) is 14.7. The van der Waals surface area contributed by atoms with E-state index < -0.39 is 0 Å². The van der Waals surface area contributed by atoms with Crippen LogP contribution in [0.5, 0.6) is 0 Å². The molecule has 0 aliphatic carbocycles. The molecule has 0 saturated carbocycles. The quantitative estimate of drug-likeness (QED) is 0.443. The van der Waals surface area contributed by atoms with Gasteiger partial charge in [0.1, 0.15) is 5.78 Å². The number of nitrogens with zero attached hydrogens (tertiary/aromatic N) is 5. The molecule has 0 unspecified atom stereocenters. The van der Waals surface area contributed by atoms with Crippen molar-refractivity contribution in [1.82, 2.24) is 19.9 Å². The fourth-order valence-electron chi connectivity index (χ4n) is 3.75. The van der Waals surface area contributed by atoms with E-state index in [2.05, 4.69) is 54.9 Å². The van der Waals surface area contributed by atoms with E-state index in [-0.39, 0.29) is 0 Å². The van der Waals surface area contributed by atoms with E-state index in [0.717, 1.165) is 51.2 Å². The van der Waals surface area contributed by atoms with E-state index in [0.29, 0.717) is 24.3 Å². The SMILES string of the molecule is O=C1CCN(c2ccc(-c3cc(-c4ccccc4)c4c([As])ncnc4n3)cn2)CC1. The number of ketones is 1. The van der Waals surface area contributed by atoms with Gasteiger partial charge in [0.15, 0.2) is 0 Å². The van der Waals surface area contributed by atoms with Gasteiger partial charge in [-0.3, -0.25) is 4.79 Å². The van der Waals surface area contributed by atoms with E-state index in [1.165, 1.54) is 0 Å². The van der Waals surface area contributed by atoms with E-state index in [4.69, 9.17) is 4.98 Å². The summed E-state index contributed by atoms with van der Waals surface area (Å²) in [5.74, 6) is 1.22. The first-order valence-electron chi connectivity index (χ1n) is 9.82. The molecule has 5 rings (SSSR count). The molecule has 2 radical (unpaired) electrons. The minimum absolute atomic E-state index is 0.326. The molecule has 3 aromatic heterocycles. The van der Waals surface area contributed by atoms with Crippen LogP contribution in [0.25, 0.3) is 33.4 Å². The van der Waals surface area contributed by atoms with Gasteiger partial charge in [-0.25, -0.2) is 0 Å². The van der Waals surface area contributed by atoms with Gasteiger partial charge in [-0.15, -0.1) is 0 Å². The van der Waals surface area contributed by atoms with Crippen molar-refractivity contribution in [3.8, 4) is 22.4 Å². The van der Waals surface area contributed by atoms with Gasteiger partial charge in [0.05, 0.1) is 0 Å². The molecule has 1 aromatic carbocycles. The molecule has 0 atom stereocenters. The van der Waals surface area contributed by atoms with Crippen LogP contribution in [0.1, 0.15) is 12.8 Å². The standard InChI is InChI=1S/C23H18AsN5O/c24-22-21-18(15-4-2-1-3-5-15)12-19(28-23(21)27-14-26-22)16-6-7-20(25-13-16)29-10-8-17(30)9-11-29/h1-7,12-14H,8-11H2. The third kappa shape index (κ3) is 3.59.